The van der Waals surface area contributed by atoms with E-state index in [1.165, 1.54) is 4.90 Å². The van der Waals surface area contributed by atoms with E-state index in [1.807, 2.05) is 44.2 Å². The molecular formula is C28H25NO5. The molecule has 5 rings (SSSR count). The number of hydrogen-bond donors (Lipinski definition) is 1. The van der Waals surface area contributed by atoms with E-state index in [0.717, 1.165) is 28.9 Å². The smallest absolute Gasteiger partial charge is 0.300 e. The maximum atomic E-state index is 13.3. The van der Waals surface area contributed by atoms with Gasteiger partial charge in [0.25, 0.3) is 11.7 Å². The minimum Gasteiger partial charge on any atom is -0.507 e. The van der Waals surface area contributed by atoms with Crippen LogP contribution < -0.4 is 14.4 Å². The summed E-state index contributed by atoms with van der Waals surface area (Å²) in [5.41, 5.74) is 3.75. The Labute approximate surface area is 198 Å². The van der Waals surface area contributed by atoms with Crippen molar-refractivity contribution >= 4 is 23.1 Å². The van der Waals surface area contributed by atoms with Crippen molar-refractivity contribution in [2.75, 3.05) is 12.0 Å². The number of nitrogens with zero attached hydrogens (tertiary/aromatic N) is 1. The summed E-state index contributed by atoms with van der Waals surface area (Å²) in [7, 11) is 1.55. The Morgan fingerprint density at radius 1 is 1.06 bits per heavy atom. The predicted molar refractivity (Wildman–Crippen MR) is 129 cm³/mol. The highest BCUT2D eigenvalue weighted by atomic mass is 16.5. The molecule has 2 heterocycles. The van der Waals surface area contributed by atoms with Crippen molar-refractivity contribution in [2.45, 2.75) is 32.4 Å². The van der Waals surface area contributed by atoms with E-state index in [-0.39, 0.29) is 17.4 Å². The lowest BCUT2D eigenvalue weighted by Crippen LogP contribution is -2.29. The van der Waals surface area contributed by atoms with Crippen LogP contribution in [0.1, 0.15) is 35.2 Å². The molecule has 0 radical (unpaired) electrons. The summed E-state index contributed by atoms with van der Waals surface area (Å²) in [6.07, 6.45) is 0.772. The fourth-order valence-corrected chi connectivity index (χ4v) is 4.74. The molecule has 0 aliphatic carbocycles. The average molecular weight is 456 g/mol. The Kier molecular flexibility index (Phi) is 5.36. The fraction of sp³-hybridized carbons (Fsp3) is 0.214. The predicted octanol–water partition coefficient (Wildman–Crippen LogP) is 4.95. The van der Waals surface area contributed by atoms with Crippen LogP contribution in [0.4, 0.5) is 5.69 Å². The zero-order valence-electron chi connectivity index (χ0n) is 19.2. The van der Waals surface area contributed by atoms with Crippen LogP contribution in [0, 0.1) is 6.92 Å². The van der Waals surface area contributed by atoms with E-state index < -0.39 is 17.7 Å². The molecule has 2 unspecified atom stereocenters. The van der Waals surface area contributed by atoms with Crippen LogP contribution in [0.3, 0.4) is 0 Å². The first-order valence-corrected chi connectivity index (χ1v) is 11.2. The highest BCUT2D eigenvalue weighted by Gasteiger charge is 2.47. The molecule has 3 aromatic rings. The number of benzene rings is 3. The molecule has 34 heavy (non-hydrogen) atoms. The zero-order chi connectivity index (χ0) is 24.0. The van der Waals surface area contributed by atoms with E-state index in [2.05, 4.69) is 0 Å². The highest BCUT2D eigenvalue weighted by Crippen LogP contribution is 2.43. The SMILES string of the molecule is COc1cccc(N2C(=O)C(=O)/C(=C(\O)c3ccc4c(c3)CC(C)O4)C2c2cccc(C)c2)c1. The van der Waals surface area contributed by atoms with E-state index in [1.54, 1.807) is 43.5 Å². The highest BCUT2D eigenvalue weighted by molar-refractivity contribution is 6.51. The van der Waals surface area contributed by atoms with Gasteiger partial charge in [0.05, 0.1) is 18.7 Å². The van der Waals surface area contributed by atoms with Crippen molar-refractivity contribution < 1.29 is 24.2 Å². The van der Waals surface area contributed by atoms with Crippen LogP contribution in [0.5, 0.6) is 11.5 Å². The number of amides is 1. The van der Waals surface area contributed by atoms with Gasteiger partial charge in [0.1, 0.15) is 23.4 Å². The standard InChI is InChI=1S/C28H25NO5/c1-16-6-4-7-18(12-16)25-24(26(30)19-10-11-23-20(14-19)13-17(2)34-23)27(31)28(32)29(25)21-8-5-9-22(15-21)33-3/h4-12,14-15,17,25,30H,13H2,1-3H3/b26-24-. The van der Waals surface area contributed by atoms with Crippen LogP contribution in [0.2, 0.25) is 0 Å². The molecule has 2 atom stereocenters. The summed E-state index contributed by atoms with van der Waals surface area (Å²) in [6, 6.07) is 19.2. The third-order valence-corrected chi connectivity index (χ3v) is 6.30. The number of methoxy groups -OCH3 is 1. The number of carbonyl (C=O) groups excluding carboxylic acids is 2. The maximum absolute atomic E-state index is 13.3. The van der Waals surface area contributed by atoms with Gasteiger partial charge in [0, 0.05) is 23.7 Å². The van der Waals surface area contributed by atoms with Gasteiger partial charge in [-0.15, -0.1) is 0 Å². The Balaban J connectivity index is 1.70. The van der Waals surface area contributed by atoms with Crippen molar-refractivity contribution in [1.82, 2.24) is 0 Å². The molecule has 1 amide bonds. The van der Waals surface area contributed by atoms with Crippen molar-refractivity contribution in [1.29, 1.82) is 0 Å². The number of Topliss-reactive ketones (excluding diaryl/α,β-unsaturated/α-hetero) is 1. The maximum Gasteiger partial charge on any atom is 0.300 e. The fourth-order valence-electron chi connectivity index (χ4n) is 4.74. The lowest BCUT2D eigenvalue weighted by Gasteiger charge is -2.26. The molecule has 1 saturated heterocycles. The molecule has 6 heteroatoms. The van der Waals surface area contributed by atoms with Crippen LogP contribution in [-0.4, -0.2) is 30.0 Å². The van der Waals surface area contributed by atoms with Crippen LogP contribution in [0.25, 0.3) is 5.76 Å². The molecule has 3 aromatic carbocycles. The molecular weight excluding hydrogens is 430 g/mol. The molecule has 6 nitrogen and oxygen atoms in total. The van der Waals surface area contributed by atoms with Crippen molar-refractivity contribution in [3.05, 3.63) is 94.6 Å². The zero-order valence-corrected chi connectivity index (χ0v) is 19.2. The minimum absolute atomic E-state index is 0.0540. The number of aryl methyl sites for hydroxylation is 1. The van der Waals surface area contributed by atoms with Gasteiger partial charge in [-0.05, 0) is 55.3 Å². The second-order valence-electron chi connectivity index (χ2n) is 8.74. The monoisotopic (exact) mass is 455 g/mol. The van der Waals surface area contributed by atoms with E-state index in [0.29, 0.717) is 17.0 Å². The number of aliphatic hydroxyl groups excluding tert-OH is 1. The van der Waals surface area contributed by atoms with Crippen LogP contribution >= 0.6 is 0 Å². The Hall–Kier alpha value is -4.06. The number of carbonyl (C=O) groups is 2. The summed E-state index contributed by atoms with van der Waals surface area (Å²) in [6.45, 7) is 3.93. The van der Waals surface area contributed by atoms with Crippen molar-refractivity contribution in [2.24, 2.45) is 0 Å². The first-order chi connectivity index (χ1) is 16.4. The van der Waals surface area contributed by atoms with Gasteiger partial charge in [0.15, 0.2) is 0 Å². The number of aliphatic hydroxyl groups is 1. The van der Waals surface area contributed by atoms with Crippen molar-refractivity contribution in [3.8, 4) is 11.5 Å². The summed E-state index contributed by atoms with van der Waals surface area (Å²) >= 11 is 0. The van der Waals surface area contributed by atoms with E-state index >= 15 is 0 Å². The molecule has 0 bridgehead atoms. The topological polar surface area (TPSA) is 76.1 Å². The number of hydrogen-bond acceptors (Lipinski definition) is 5. The first-order valence-electron chi connectivity index (χ1n) is 11.2. The van der Waals surface area contributed by atoms with Crippen molar-refractivity contribution in [3.63, 3.8) is 0 Å². The van der Waals surface area contributed by atoms with E-state index in [4.69, 9.17) is 9.47 Å². The van der Waals surface area contributed by atoms with Crippen LogP contribution in [0.15, 0.2) is 72.3 Å². The molecule has 172 valence electrons. The third-order valence-electron chi connectivity index (χ3n) is 6.30. The summed E-state index contributed by atoms with van der Waals surface area (Å²) in [5.74, 6) is -0.278. The number of ketones is 1. The second kappa shape index (κ2) is 8.37. The molecule has 0 saturated carbocycles. The molecule has 0 spiro atoms. The summed E-state index contributed by atoms with van der Waals surface area (Å²) in [5, 5.41) is 11.4. The number of anilines is 1. The second-order valence-corrected chi connectivity index (χ2v) is 8.74. The van der Waals surface area contributed by atoms with Gasteiger partial charge in [-0.2, -0.15) is 0 Å². The molecule has 2 aliphatic rings. The van der Waals surface area contributed by atoms with Gasteiger partial charge < -0.3 is 14.6 Å². The average Bonchev–Trinajstić information content (AvgIpc) is 3.34. The largest absolute Gasteiger partial charge is 0.507 e. The van der Waals surface area contributed by atoms with Crippen LogP contribution in [-0.2, 0) is 16.0 Å². The molecule has 0 aromatic heterocycles. The number of ether oxygens (including phenoxy) is 2. The summed E-state index contributed by atoms with van der Waals surface area (Å²) < 4.78 is 11.1. The molecule has 1 N–H and O–H groups in total. The molecule has 1 fully saturated rings. The quantitative estimate of drug-likeness (QED) is 0.342. The third kappa shape index (κ3) is 3.61. The van der Waals surface area contributed by atoms with E-state index in [9.17, 15) is 14.7 Å². The first kappa shape index (κ1) is 21.8. The summed E-state index contributed by atoms with van der Waals surface area (Å²) in [4.78, 5) is 28.1. The van der Waals surface area contributed by atoms with Gasteiger partial charge in [0.2, 0.25) is 0 Å². The molecule has 2 aliphatic heterocycles. The Morgan fingerprint density at radius 2 is 1.85 bits per heavy atom. The van der Waals surface area contributed by atoms with Gasteiger partial charge in [-0.3, -0.25) is 14.5 Å². The lowest BCUT2D eigenvalue weighted by atomic mass is 9.93. The van der Waals surface area contributed by atoms with Gasteiger partial charge in [-0.25, -0.2) is 0 Å². The normalized spacial score (nSPS) is 20.9. The van der Waals surface area contributed by atoms with Gasteiger partial charge in [-0.1, -0.05) is 35.9 Å². The lowest BCUT2D eigenvalue weighted by molar-refractivity contribution is -0.132. The Morgan fingerprint density at radius 3 is 2.62 bits per heavy atom. The van der Waals surface area contributed by atoms with Gasteiger partial charge >= 0.3 is 0 Å². The minimum atomic E-state index is -0.782. The Bertz CT molecular complexity index is 1340. The number of fused-ring (bicyclic) bond motifs is 1. The number of rotatable bonds is 4.